The number of likely N-dealkylation sites (tertiary alicyclic amines) is 1. The third-order valence-corrected chi connectivity index (χ3v) is 5.30. The Balaban J connectivity index is 1.95. The predicted molar refractivity (Wildman–Crippen MR) is 107 cm³/mol. The fraction of sp³-hybridized carbons (Fsp3) is 0.650. The van der Waals surface area contributed by atoms with Crippen molar-refractivity contribution in [3.63, 3.8) is 0 Å². The van der Waals surface area contributed by atoms with E-state index >= 15 is 0 Å². The Bertz CT molecular complexity index is 676. The molecule has 2 amide bonds. The van der Waals surface area contributed by atoms with Gasteiger partial charge in [0.05, 0.1) is 17.9 Å². The summed E-state index contributed by atoms with van der Waals surface area (Å²) in [7, 11) is 5.71. The lowest BCUT2D eigenvalue weighted by Crippen LogP contribution is -2.45. The van der Waals surface area contributed by atoms with Crippen molar-refractivity contribution in [3.8, 4) is 5.75 Å². The number of nitrogens with zero attached hydrogens (tertiary/aromatic N) is 3. The van der Waals surface area contributed by atoms with E-state index in [1.54, 1.807) is 14.0 Å². The molecule has 1 aromatic carbocycles. The molecule has 164 valence electrons. The number of urea groups is 1. The Kier molecular flexibility index (Phi) is 8.15. The number of piperidine rings is 1. The fourth-order valence-electron chi connectivity index (χ4n) is 3.36. The van der Waals surface area contributed by atoms with Crippen LogP contribution in [0, 0.1) is 0 Å². The molecule has 1 saturated heterocycles. The maximum absolute atomic E-state index is 13.4. The first kappa shape index (κ1) is 23.3. The summed E-state index contributed by atoms with van der Waals surface area (Å²) in [6, 6.07) is 3.45. The first-order chi connectivity index (χ1) is 13.6. The molecule has 0 spiro atoms. The van der Waals surface area contributed by atoms with Crippen LogP contribution in [0.4, 0.5) is 23.7 Å². The van der Waals surface area contributed by atoms with Crippen LogP contribution in [0.25, 0.3) is 0 Å². The van der Waals surface area contributed by atoms with E-state index in [1.165, 1.54) is 17.0 Å². The van der Waals surface area contributed by atoms with E-state index in [2.05, 4.69) is 22.2 Å². The molecule has 2 rings (SSSR count). The molecule has 1 aliphatic rings. The number of amides is 2. The van der Waals surface area contributed by atoms with Crippen molar-refractivity contribution in [3.05, 3.63) is 23.8 Å². The minimum absolute atomic E-state index is 0.117. The average molecular weight is 416 g/mol. The summed E-state index contributed by atoms with van der Waals surface area (Å²) in [5.74, 6) is 0.117. The number of halogens is 3. The molecule has 29 heavy (non-hydrogen) atoms. The zero-order valence-electron chi connectivity index (χ0n) is 17.6. The number of ether oxygens (including phenoxy) is 1. The lowest BCUT2D eigenvalue weighted by atomic mass is 10.0. The zero-order valence-corrected chi connectivity index (χ0v) is 17.6. The molecule has 1 fully saturated rings. The topological polar surface area (TPSA) is 48.1 Å². The number of anilines is 1. The molecule has 6 nitrogen and oxygen atoms in total. The van der Waals surface area contributed by atoms with Gasteiger partial charge >= 0.3 is 12.2 Å². The Morgan fingerprint density at radius 2 is 1.90 bits per heavy atom. The predicted octanol–water partition coefficient (Wildman–Crippen LogP) is 3.59. The van der Waals surface area contributed by atoms with Crippen LogP contribution in [0.3, 0.4) is 0 Å². The van der Waals surface area contributed by atoms with Gasteiger partial charge in [-0.15, -0.1) is 0 Å². The van der Waals surface area contributed by atoms with E-state index in [-0.39, 0.29) is 18.0 Å². The number of rotatable bonds is 7. The molecule has 0 atom stereocenters. The van der Waals surface area contributed by atoms with E-state index in [0.717, 1.165) is 32.0 Å². The van der Waals surface area contributed by atoms with E-state index in [4.69, 9.17) is 4.74 Å². The first-order valence-corrected chi connectivity index (χ1v) is 9.86. The molecule has 0 aromatic heterocycles. The SMILES string of the molecule is CCOc1ccc(NC(=O)N(C)CCN(C)C2CCN(C)CC2)c(C(F)(F)F)c1. The standard InChI is InChI=1S/C20H31F3N4O2/c1-5-29-16-6-7-18(17(14-16)20(21,22)23)24-19(28)27(4)13-12-26(3)15-8-10-25(2)11-9-15/h6-7,14-15H,5,8-13H2,1-4H3,(H,24,28). The van der Waals surface area contributed by atoms with Crippen LogP contribution >= 0.6 is 0 Å². The van der Waals surface area contributed by atoms with Gasteiger partial charge in [-0.1, -0.05) is 0 Å². The van der Waals surface area contributed by atoms with E-state index in [9.17, 15) is 18.0 Å². The van der Waals surface area contributed by atoms with Gasteiger partial charge in [0.25, 0.3) is 0 Å². The molecule has 1 aliphatic heterocycles. The number of alkyl halides is 3. The number of carbonyl (C=O) groups excluding carboxylic acids is 1. The molecule has 9 heteroatoms. The molecule has 0 saturated carbocycles. The molecule has 0 unspecified atom stereocenters. The van der Waals surface area contributed by atoms with Crippen molar-refractivity contribution in [2.75, 3.05) is 59.2 Å². The minimum atomic E-state index is -4.59. The average Bonchev–Trinajstić information content (AvgIpc) is 2.66. The van der Waals surface area contributed by atoms with E-state index < -0.39 is 17.8 Å². The van der Waals surface area contributed by atoms with E-state index in [0.29, 0.717) is 19.1 Å². The van der Waals surface area contributed by atoms with Crippen molar-refractivity contribution in [1.82, 2.24) is 14.7 Å². The molecule has 0 radical (unpaired) electrons. The lowest BCUT2D eigenvalue weighted by Gasteiger charge is -2.35. The van der Waals surface area contributed by atoms with Gasteiger partial charge < -0.3 is 24.8 Å². The van der Waals surface area contributed by atoms with Crippen molar-refractivity contribution in [2.45, 2.75) is 32.0 Å². The second kappa shape index (κ2) is 10.2. The highest BCUT2D eigenvalue weighted by molar-refractivity contribution is 5.90. The smallest absolute Gasteiger partial charge is 0.418 e. The van der Waals surface area contributed by atoms with Crippen LogP contribution in [0.1, 0.15) is 25.3 Å². The number of benzene rings is 1. The zero-order chi connectivity index (χ0) is 21.6. The van der Waals surface area contributed by atoms with Gasteiger partial charge in [-0.3, -0.25) is 0 Å². The molecule has 1 aromatic rings. The van der Waals surface area contributed by atoms with Gasteiger partial charge in [0.2, 0.25) is 0 Å². The number of nitrogens with one attached hydrogen (secondary N) is 1. The van der Waals surface area contributed by atoms with Crippen LogP contribution in [0.2, 0.25) is 0 Å². The van der Waals surface area contributed by atoms with Gasteiger partial charge in [0.1, 0.15) is 5.75 Å². The molecular weight excluding hydrogens is 385 g/mol. The van der Waals surface area contributed by atoms with Crippen LogP contribution in [0.5, 0.6) is 5.75 Å². The number of hydrogen-bond donors (Lipinski definition) is 1. The number of carbonyl (C=O) groups is 1. The summed E-state index contributed by atoms with van der Waals surface area (Å²) in [5.41, 5.74) is -1.20. The lowest BCUT2D eigenvalue weighted by molar-refractivity contribution is -0.137. The van der Waals surface area contributed by atoms with Gasteiger partial charge in [-0.25, -0.2) is 4.79 Å². The van der Waals surface area contributed by atoms with Crippen molar-refractivity contribution in [1.29, 1.82) is 0 Å². The van der Waals surface area contributed by atoms with Crippen LogP contribution < -0.4 is 10.1 Å². The summed E-state index contributed by atoms with van der Waals surface area (Å²) in [5, 5.41) is 2.38. The van der Waals surface area contributed by atoms with E-state index in [1.807, 2.05) is 7.05 Å². The molecule has 0 aliphatic carbocycles. The minimum Gasteiger partial charge on any atom is -0.494 e. The second-order valence-corrected chi connectivity index (χ2v) is 7.50. The van der Waals surface area contributed by atoms with Gasteiger partial charge in [0, 0.05) is 26.2 Å². The second-order valence-electron chi connectivity index (χ2n) is 7.50. The Morgan fingerprint density at radius 3 is 2.48 bits per heavy atom. The number of hydrogen-bond acceptors (Lipinski definition) is 4. The van der Waals surface area contributed by atoms with Gasteiger partial charge in [-0.05, 0) is 65.1 Å². The number of likely N-dealkylation sites (N-methyl/N-ethyl adjacent to an activating group) is 2. The van der Waals surface area contributed by atoms with Crippen LogP contribution in [-0.4, -0.2) is 80.7 Å². The Hall–Kier alpha value is -2.00. The maximum atomic E-state index is 13.4. The summed E-state index contributed by atoms with van der Waals surface area (Å²) >= 11 is 0. The van der Waals surface area contributed by atoms with Crippen molar-refractivity contribution >= 4 is 11.7 Å². The summed E-state index contributed by atoms with van der Waals surface area (Å²) < 4.78 is 45.3. The molecule has 1 heterocycles. The monoisotopic (exact) mass is 416 g/mol. The summed E-state index contributed by atoms with van der Waals surface area (Å²) in [6.07, 6.45) is -2.45. The first-order valence-electron chi connectivity index (χ1n) is 9.86. The van der Waals surface area contributed by atoms with Crippen molar-refractivity contribution in [2.24, 2.45) is 0 Å². The van der Waals surface area contributed by atoms with Crippen molar-refractivity contribution < 1.29 is 22.7 Å². The highest BCUT2D eigenvalue weighted by Gasteiger charge is 2.34. The third-order valence-electron chi connectivity index (χ3n) is 5.30. The largest absolute Gasteiger partial charge is 0.494 e. The van der Waals surface area contributed by atoms with Crippen LogP contribution in [-0.2, 0) is 6.18 Å². The summed E-state index contributed by atoms with van der Waals surface area (Å²) in [4.78, 5) is 18.3. The third kappa shape index (κ3) is 6.78. The fourth-order valence-corrected chi connectivity index (χ4v) is 3.36. The molecular formula is C20H31F3N4O2. The summed E-state index contributed by atoms with van der Waals surface area (Å²) in [6.45, 7) is 5.13. The quantitative estimate of drug-likeness (QED) is 0.738. The highest BCUT2D eigenvalue weighted by Crippen LogP contribution is 2.37. The maximum Gasteiger partial charge on any atom is 0.418 e. The van der Waals surface area contributed by atoms with Gasteiger partial charge in [-0.2, -0.15) is 13.2 Å². The molecule has 1 N–H and O–H groups in total. The van der Waals surface area contributed by atoms with Gasteiger partial charge in [0.15, 0.2) is 0 Å². The highest BCUT2D eigenvalue weighted by atomic mass is 19.4. The molecule has 0 bridgehead atoms. The normalized spacial score (nSPS) is 16.1. The van der Waals surface area contributed by atoms with Crippen LogP contribution in [0.15, 0.2) is 18.2 Å². The Labute approximate surface area is 170 Å². The Morgan fingerprint density at radius 1 is 1.24 bits per heavy atom.